The van der Waals surface area contributed by atoms with Crippen molar-refractivity contribution in [2.24, 2.45) is 5.73 Å². The zero-order chi connectivity index (χ0) is 30.4. The maximum absolute atomic E-state index is 13.2. The Labute approximate surface area is 228 Å². The molecule has 2 atom stereocenters. The summed E-state index contributed by atoms with van der Waals surface area (Å²) in [6, 6.07) is 2.40. The van der Waals surface area contributed by atoms with Crippen molar-refractivity contribution < 1.29 is 58.7 Å². The Morgan fingerprint density at radius 2 is 1.48 bits per heavy atom. The van der Waals surface area contributed by atoms with Gasteiger partial charge in [0.05, 0.1) is 18.9 Å². The Morgan fingerprint density at radius 3 is 1.98 bits per heavy atom. The van der Waals surface area contributed by atoms with Crippen molar-refractivity contribution >= 4 is 41.6 Å². The van der Waals surface area contributed by atoms with E-state index in [1.807, 2.05) is 12.2 Å². The number of carboxylic acids is 4. The number of amides is 3. The van der Waals surface area contributed by atoms with Crippen molar-refractivity contribution in [2.75, 3.05) is 6.54 Å². The van der Waals surface area contributed by atoms with E-state index in [9.17, 15) is 33.6 Å². The van der Waals surface area contributed by atoms with Crippen LogP contribution in [0.5, 0.6) is 5.75 Å². The van der Waals surface area contributed by atoms with Crippen molar-refractivity contribution in [1.29, 1.82) is 0 Å². The van der Waals surface area contributed by atoms with E-state index in [-0.39, 0.29) is 18.7 Å². The predicted molar refractivity (Wildman–Crippen MR) is 135 cm³/mol. The first kappa shape index (κ1) is 33.5. The number of ether oxygens (including phenoxy) is 1. The van der Waals surface area contributed by atoms with E-state index in [1.54, 1.807) is 0 Å². The van der Waals surface area contributed by atoms with Crippen molar-refractivity contribution in [3.8, 4) is 5.75 Å². The maximum Gasteiger partial charge on any atom is 0.356 e. The molecule has 0 aliphatic heterocycles. The van der Waals surface area contributed by atoms with Crippen LogP contribution in [0.2, 0.25) is 0 Å². The standard InChI is InChI=1S/C25H33N3O12/c1-2-3-4-11-28(18(29)9-10-19(30)31)17(23(35)27-22(34)16(26)13-20(32)33)12-14-5-7-15(8-6-14)40-21(24(36)37)25(38)39/h5-8,16-17,21H,2-4,9-13,26H2,1H3,(H,30,31)(H,32,33)(H,36,37)(H,38,39)(H,27,34,35)/t16-,17-/m0/s1. The SMILES string of the molecule is CCCCCN(C(=O)CCC(=O)O)[C@@H](Cc1ccc(OC(C(=O)O)C(=O)O)cc1)C(=O)NC(=O)[C@@H](N)CC(=O)O. The van der Waals surface area contributed by atoms with Gasteiger partial charge in [-0.25, -0.2) is 9.59 Å². The Hall–Kier alpha value is -4.53. The Balaban J connectivity index is 3.31. The number of benzene rings is 1. The van der Waals surface area contributed by atoms with Crippen molar-refractivity contribution in [2.45, 2.75) is 70.1 Å². The first-order valence-electron chi connectivity index (χ1n) is 12.3. The highest BCUT2D eigenvalue weighted by Crippen LogP contribution is 2.19. The zero-order valence-corrected chi connectivity index (χ0v) is 21.8. The third-order valence-corrected chi connectivity index (χ3v) is 5.59. The molecule has 3 amide bonds. The first-order chi connectivity index (χ1) is 18.8. The second-order valence-corrected chi connectivity index (χ2v) is 8.78. The number of hydrogen-bond donors (Lipinski definition) is 6. The Bertz CT molecular complexity index is 1080. The third kappa shape index (κ3) is 11.5. The molecule has 7 N–H and O–H groups in total. The summed E-state index contributed by atoms with van der Waals surface area (Å²) in [7, 11) is 0. The van der Waals surface area contributed by atoms with Crippen LogP contribution in [0.15, 0.2) is 24.3 Å². The summed E-state index contributed by atoms with van der Waals surface area (Å²) < 4.78 is 4.96. The molecular formula is C25H33N3O12. The molecule has 0 aromatic heterocycles. The third-order valence-electron chi connectivity index (χ3n) is 5.59. The average molecular weight is 568 g/mol. The molecule has 15 nitrogen and oxygen atoms in total. The second-order valence-electron chi connectivity index (χ2n) is 8.78. The van der Waals surface area contributed by atoms with Gasteiger partial charge in [-0.1, -0.05) is 31.9 Å². The summed E-state index contributed by atoms with van der Waals surface area (Å²) in [5.74, 6) is -8.85. The van der Waals surface area contributed by atoms with Crippen LogP contribution in [0.4, 0.5) is 0 Å². The van der Waals surface area contributed by atoms with Gasteiger partial charge in [0, 0.05) is 19.4 Å². The number of nitrogens with two attached hydrogens (primary N) is 1. The fourth-order valence-corrected chi connectivity index (χ4v) is 3.54. The van der Waals surface area contributed by atoms with Crippen LogP contribution >= 0.6 is 0 Å². The summed E-state index contributed by atoms with van der Waals surface area (Å²) in [4.78, 5) is 83.8. The molecule has 0 radical (unpaired) electrons. The van der Waals surface area contributed by atoms with Crippen molar-refractivity contribution in [3.63, 3.8) is 0 Å². The number of rotatable bonds is 18. The molecule has 0 saturated carbocycles. The van der Waals surface area contributed by atoms with Gasteiger partial charge in [0.1, 0.15) is 11.8 Å². The number of carboxylic acid groups (broad SMARTS) is 4. The lowest BCUT2D eigenvalue weighted by atomic mass is 10.0. The minimum absolute atomic E-state index is 0.0554. The molecule has 0 saturated heterocycles. The van der Waals surface area contributed by atoms with Crippen LogP contribution in [0.25, 0.3) is 0 Å². The van der Waals surface area contributed by atoms with Gasteiger partial charge in [-0.3, -0.25) is 29.3 Å². The van der Waals surface area contributed by atoms with Gasteiger partial charge >= 0.3 is 23.9 Å². The molecule has 0 heterocycles. The number of unbranched alkanes of at least 4 members (excludes halogenated alkanes) is 2. The van der Waals surface area contributed by atoms with E-state index in [0.717, 1.165) is 11.3 Å². The van der Waals surface area contributed by atoms with E-state index in [2.05, 4.69) is 0 Å². The quantitative estimate of drug-likeness (QED) is 0.0997. The highest BCUT2D eigenvalue weighted by Gasteiger charge is 2.32. The molecule has 0 spiro atoms. The predicted octanol–water partition coefficient (Wildman–Crippen LogP) is -0.157. The topological polar surface area (TPSA) is 251 Å². The van der Waals surface area contributed by atoms with Gasteiger partial charge < -0.3 is 35.8 Å². The van der Waals surface area contributed by atoms with E-state index in [4.69, 9.17) is 30.9 Å². The molecule has 1 rings (SSSR count). The Kier molecular flexibility index (Phi) is 13.8. The monoisotopic (exact) mass is 567 g/mol. The van der Waals surface area contributed by atoms with E-state index >= 15 is 0 Å². The molecule has 0 bridgehead atoms. The summed E-state index contributed by atoms with van der Waals surface area (Å²) in [6.45, 7) is 1.96. The fourth-order valence-electron chi connectivity index (χ4n) is 3.54. The van der Waals surface area contributed by atoms with Gasteiger partial charge in [-0.15, -0.1) is 0 Å². The number of nitrogens with zero attached hydrogens (tertiary/aromatic N) is 1. The van der Waals surface area contributed by atoms with Gasteiger partial charge in [0.2, 0.25) is 17.7 Å². The summed E-state index contributed by atoms with van der Waals surface area (Å²) in [5.41, 5.74) is 5.94. The van der Waals surface area contributed by atoms with Gasteiger partial charge in [0.15, 0.2) is 0 Å². The lowest BCUT2D eigenvalue weighted by Crippen LogP contribution is -2.55. The molecular weight excluding hydrogens is 534 g/mol. The molecule has 0 aliphatic rings. The number of nitrogens with one attached hydrogen (secondary N) is 1. The molecule has 1 aromatic rings. The molecule has 0 fully saturated rings. The van der Waals surface area contributed by atoms with Crippen LogP contribution in [-0.2, 0) is 40.0 Å². The van der Waals surface area contributed by atoms with E-state index in [1.165, 1.54) is 24.3 Å². The molecule has 15 heteroatoms. The first-order valence-corrected chi connectivity index (χ1v) is 12.3. The normalized spacial score (nSPS) is 12.2. The molecule has 40 heavy (non-hydrogen) atoms. The van der Waals surface area contributed by atoms with Crippen LogP contribution in [0.3, 0.4) is 0 Å². The number of carbonyl (C=O) groups is 7. The minimum atomic E-state index is -2.16. The van der Waals surface area contributed by atoms with Crippen LogP contribution < -0.4 is 15.8 Å². The molecule has 1 aromatic carbocycles. The molecule has 0 unspecified atom stereocenters. The maximum atomic E-state index is 13.2. The van der Waals surface area contributed by atoms with Gasteiger partial charge in [0.25, 0.3) is 6.10 Å². The molecule has 0 aliphatic carbocycles. The number of hydrogen-bond acceptors (Lipinski definition) is 9. The highest BCUT2D eigenvalue weighted by molar-refractivity contribution is 6.02. The van der Waals surface area contributed by atoms with Crippen LogP contribution in [-0.4, -0.2) is 91.7 Å². The van der Waals surface area contributed by atoms with Crippen molar-refractivity contribution in [3.05, 3.63) is 29.8 Å². The number of carbonyl (C=O) groups excluding carboxylic acids is 3. The average Bonchev–Trinajstić information content (AvgIpc) is 2.87. The fraction of sp³-hybridized carbons (Fsp3) is 0.480. The second kappa shape index (κ2) is 16.4. The van der Waals surface area contributed by atoms with Gasteiger partial charge in [-0.2, -0.15) is 0 Å². The highest BCUT2D eigenvalue weighted by atomic mass is 16.5. The van der Waals surface area contributed by atoms with Crippen LogP contribution in [0.1, 0.15) is 51.0 Å². The zero-order valence-electron chi connectivity index (χ0n) is 21.8. The smallest absolute Gasteiger partial charge is 0.356 e. The number of imide groups is 1. The summed E-state index contributed by atoms with van der Waals surface area (Å²) >= 11 is 0. The lowest BCUT2D eigenvalue weighted by Gasteiger charge is -2.31. The lowest BCUT2D eigenvalue weighted by molar-refractivity contribution is -0.159. The van der Waals surface area contributed by atoms with Crippen molar-refractivity contribution in [1.82, 2.24) is 10.2 Å². The van der Waals surface area contributed by atoms with E-state index < -0.39 is 79.0 Å². The minimum Gasteiger partial charge on any atom is -0.481 e. The molecule has 220 valence electrons. The van der Waals surface area contributed by atoms with E-state index in [0.29, 0.717) is 18.4 Å². The summed E-state index contributed by atoms with van der Waals surface area (Å²) in [5, 5.41) is 37.9. The largest absolute Gasteiger partial charge is 0.481 e. The summed E-state index contributed by atoms with van der Waals surface area (Å²) in [6.07, 6.45) is -2.12. The Morgan fingerprint density at radius 1 is 0.875 bits per heavy atom. The van der Waals surface area contributed by atoms with Gasteiger partial charge in [-0.05, 0) is 24.1 Å². The number of aliphatic carboxylic acids is 4. The van der Waals surface area contributed by atoms with Crippen LogP contribution in [0, 0.1) is 0 Å².